The van der Waals surface area contributed by atoms with Gasteiger partial charge in [0.15, 0.2) is 5.75 Å². The molecule has 0 saturated heterocycles. The Hall–Kier alpha value is -7.13. The topological polar surface area (TPSA) is 114 Å². The number of rotatable bonds is 14. The first kappa shape index (κ1) is 43.3. The van der Waals surface area contributed by atoms with Crippen LogP contribution < -0.4 is 9.47 Å². The number of halogens is 3. The van der Waals surface area contributed by atoms with Crippen LogP contribution in [0.25, 0.3) is 18.2 Å². The Balaban J connectivity index is 2.05. The molecule has 0 aliphatic rings. The maximum Gasteiger partial charge on any atom is 0.420 e. The molecular weight excluding hydrogens is 729 g/mol. The Morgan fingerprint density at radius 1 is 0.625 bits per heavy atom. The average molecular weight is 767 g/mol. The summed E-state index contributed by atoms with van der Waals surface area (Å²) >= 11 is 0. The van der Waals surface area contributed by atoms with Gasteiger partial charge in [0, 0.05) is 39.5 Å². The molecule has 0 saturated carbocycles. The Kier molecular flexibility index (Phi) is 15.3. The van der Waals surface area contributed by atoms with E-state index < -0.39 is 64.8 Å². The van der Waals surface area contributed by atoms with Crippen molar-refractivity contribution in [2.75, 3.05) is 0 Å². The average Bonchev–Trinajstić information content (AvgIpc) is 3.13. The molecule has 0 radical (unpaired) electrons. The number of esters is 4. The van der Waals surface area contributed by atoms with Gasteiger partial charge in [-0.05, 0) is 74.7 Å². The number of benzene rings is 3. The minimum absolute atomic E-state index is 0.105. The van der Waals surface area contributed by atoms with Crippen LogP contribution >= 0.6 is 0 Å². The summed E-state index contributed by atoms with van der Waals surface area (Å²) in [4.78, 5) is 48.5. The van der Waals surface area contributed by atoms with Crippen molar-refractivity contribution in [3.05, 3.63) is 161 Å². The molecule has 0 aliphatic carbocycles. The quantitative estimate of drug-likeness (QED) is 0.0521. The van der Waals surface area contributed by atoms with Crippen molar-refractivity contribution in [1.29, 1.82) is 0 Å². The summed E-state index contributed by atoms with van der Waals surface area (Å²) < 4.78 is 71.1. The highest BCUT2D eigenvalue weighted by Crippen LogP contribution is 2.45. The lowest BCUT2D eigenvalue weighted by Crippen LogP contribution is -2.20. The van der Waals surface area contributed by atoms with Crippen LogP contribution in [0.4, 0.5) is 13.2 Å². The molecule has 0 amide bonds. The fraction of sp³-hybridized carbons (Fsp3) is 0.136. The standard InChI is InChI=1S/C44H37F3O9/c1-27(2)40(48)53-23-20-33-11-9-31(10-12-33)17-18-35-25-37(55-42(50)29(5)6)36(38(44(45,46)47)39(35)56-43(51)30(7)8)26-52-22-19-32-13-15-34(16-14-32)21-24-54-41(49)28(3)4/h9-16,19-25H,1,3,5,7,26H2,2,4,6,8H3/b22-19+,23-20+,24-21+. The van der Waals surface area contributed by atoms with Crippen molar-refractivity contribution in [2.24, 2.45) is 0 Å². The van der Waals surface area contributed by atoms with Crippen molar-refractivity contribution in [1.82, 2.24) is 0 Å². The predicted molar refractivity (Wildman–Crippen MR) is 205 cm³/mol. The van der Waals surface area contributed by atoms with Gasteiger partial charge in [-0.25, -0.2) is 19.2 Å². The second-order valence-electron chi connectivity index (χ2n) is 12.1. The Morgan fingerprint density at radius 3 is 1.50 bits per heavy atom. The predicted octanol–water partition coefficient (Wildman–Crippen LogP) is 9.44. The Morgan fingerprint density at radius 2 is 1.05 bits per heavy atom. The van der Waals surface area contributed by atoms with E-state index in [1.54, 1.807) is 54.6 Å². The molecule has 0 fully saturated rings. The number of carbonyl (C=O) groups excluding carboxylic acids is 4. The van der Waals surface area contributed by atoms with E-state index in [0.717, 1.165) is 12.3 Å². The maximum absolute atomic E-state index is 15.0. The van der Waals surface area contributed by atoms with E-state index in [-0.39, 0.29) is 22.3 Å². The fourth-order valence-electron chi connectivity index (χ4n) is 4.12. The zero-order valence-corrected chi connectivity index (χ0v) is 31.0. The summed E-state index contributed by atoms with van der Waals surface area (Å²) in [7, 11) is 0. The zero-order chi connectivity index (χ0) is 41.6. The number of carbonyl (C=O) groups is 4. The number of alkyl halides is 3. The van der Waals surface area contributed by atoms with Crippen molar-refractivity contribution >= 4 is 42.1 Å². The van der Waals surface area contributed by atoms with E-state index in [0.29, 0.717) is 22.3 Å². The molecule has 0 bridgehead atoms. The van der Waals surface area contributed by atoms with Gasteiger partial charge in [-0.3, -0.25) is 0 Å². The van der Waals surface area contributed by atoms with E-state index >= 15 is 13.2 Å². The molecule has 0 aliphatic heterocycles. The molecule has 0 N–H and O–H groups in total. The molecule has 3 aromatic rings. The third-order valence-electron chi connectivity index (χ3n) is 7.07. The van der Waals surface area contributed by atoms with Gasteiger partial charge in [0.05, 0.1) is 24.3 Å². The second-order valence-corrected chi connectivity index (χ2v) is 12.1. The van der Waals surface area contributed by atoms with Crippen molar-refractivity contribution < 1.29 is 56.0 Å². The van der Waals surface area contributed by atoms with E-state index in [9.17, 15) is 19.2 Å². The van der Waals surface area contributed by atoms with E-state index in [1.807, 2.05) is 0 Å². The van der Waals surface area contributed by atoms with Crippen molar-refractivity contribution in [3.8, 4) is 23.3 Å². The zero-order valence-electron chi connectivity index (χ0n) is 31.0. The monoisotopic (exact) mass is 766 g/mol. The summed E-state index contributed by atoms with van der Waals surface area (Å²) in [5.74, 6) is 0.457. The SMILES string of the molecule is C=C(C)C(=O)O/C=C/c1ccc(C#Cc2cc(OC(=O)C(=C)C)c(CO/C=C/c3ccc(/C=C/OC(=O)C(=C)C)cc3)c(C(F)(F)F)c2OC(=O)C(=C)C)cc1. The Labute approximate surface area is 322 Å². The molecular formula is C44H37F3O9. The molecule has 0 spiro atoms. The lowest BCUT2D eigenvalue weighted by atomic mass is 9.99. The molecule has 0 aromatic heterocycles. The highest BCUT2D eigenvalue weighted by molar-refractivity contribution is 5.91. The highest BCUT2D eigenvalue weighted by Gasteiger charge is 2.41. The first-order valence-corrected chi connectivity index (χ1v) is 16.5. The summed E-state index contributed by atoms with van der Waals surface area (Å²) in [6, 6.07) is 14.1. The van der Waals surface area contributed by atoms with Gasteiger partial charge in [0.2, 0.25) is 0 Å². The smallest absolute Gasteiger partial charge is 0.420 e. The van der Waals surface area contributed by atoms with Crippen LogP contribution in [0.3, 0.4) is 0 Å². The van der Waals surface area contributed by atoms with E-state index in [1.165, 1.54) is 52.4 Å². The van der Waals surface area contributed by atoms with Gasteiger partial charge < -0.3 is 23.7 Å². The van der Waals surface area contributed by atoms with Crippen LogP contribution in [-0.4, -0.2) is 23.9 Å². The van der Waals surface area contributed by atoms with E-state index in [4.69, 9.17) is 23.7 Å². The van der Waals surface area contributed by atoms with Crippen LogP contribution in [-0.2, 0) is 46.2 Å². The van der Waals surface area contributed by atoms with Gasteiger partial charge in [-0.15, -0.1) is 0 Å². The third-order valence-corrected chi connectivity index (χ3v) is 7.07. The summed E-state index contributed by atoms with van der Waals surface area (Å²) in [6.07, 6.45) is 2.87. The molecule has 0 unspecified atom stereocenters. The van der Waals surface area contributed by atoms with Gasteiger partial charge >= 0.3 is 30.1 Å². The second kappa shape index (κ2) is 19.8. The molecule has 0 heterocycles. The molecule has 0 atom stereocenters. The van der Waals surface area contributed by atoms with Crippen LogP contribution in [0, 0.1) is 11.8 Å². The Bertz CT molecular complexity index is 2210. The first-order valence-electron chi connectivity index (χ1n) is 16.5. The third kappa shape index (κ3) is 13.1. The first-order chi connectivity index (χ1) is 26.4. The molecule has 288 valence electrons. The largest absolute Gasteiger partial charge is 0.496 e. The van der Waals surface area contributed by atoms with Crippen molar-refractivity contribution in [2.45, 2.75) is 40.5 Å². The molecule has 56 heavy (non-hydrogen) atoms. The summed E-state index contributed by atoms with van der Waals surface area (Å²) in [5, 5.41) is 0. The highest BCUT2D eigenvalue weighted by atomic mass is 19.4. The van der Waals surface area contributed by atoms with Crippen LogP contribution in [0.15, 0.2) is 122 Å². The van der Waals surface area contributed by atoms with Crippen LogP contribution in [0.1, 0.15) is 66.6 Å². The maximum atomic E-state index is 15.0. The van der Waals surface area contributed by atoms with Crippen LogP contribution in [0.5, 0.6) is 11.5 Å². The van der Waals surface area contributed by atoms with Gasteiger partial charge in [0.1, 0.15) is 17.9 Å². The number of ether oxygens (including phenoxy) is 5. The lowest BCUT2D eigenvalue weighted by molar-refractivity contribution is -0.143. The minimum Gasteiger partial charge on any atom is -0.496 e. The number of hydrogen-bond donors (Lipinski definition) is 0. The van der Waals surface area contributed by atoms with Crippen molar-refractivity contribution in [3.63, 3.8) is 0 Å². The van der Waals surface area contributed by atoms with Gasteiger partial charge in [-0.1, -0.05) is 74.6 Å². The van der Waals surface area contributed by atoms with Gasteiger partial charge in [-0.2, -0.15) is 13.2 Å². The molecule has 3 rings (SSSR count). The lowest BCUT2D eigenvalue weighted by Gasteiger charge is -2.21. The normalized spacial score (nSPS) is 11.1. The minimum atomic E-state index is -5.18. The molecule has 12 heteroatoms. The van der Waals surface area contributed by atoms with Crippen LogP contribution in [0.2, 0.25) is 0 Å². The molecule has 3 aromatic carbocycles. The fourth-order valence-corrected chi connectivity index (χ4v) is 4.12. The summed E-state index contributed by atoms with van der Waals surface area (Å²) in [5.41, 5.74) is -0.169. The van der Waals surface area contributed by atoms with E-state index in [2.05, 4.69) is 38.2 Å². The van der Waals surface area contributed by atoms with Gasteiger partial charge in [0.25, 0.3) is 0 Å². The summed E-state index contributed by atoms with van der Waals surface area (Å²) in [6.45, 7) is 18.8. The molecule has 9 nitrogen and oxygen atoms in total. The number of hydrogen-bond acceptors (Lipinski definition) is 9.